The molecule has 0 atom stereocenters. The Labute approximate surface area is 181 Å². The van der Waals surface area contributed by atoms with Gasteiger partial charge in [-0.15, -0.1) is 0 Å². The van der Waals surface area contributed by atoms with E-state index in [2.05, 4.69) is 18.7 Å². The Kier molecular flexibility index (Phi) is 7.12. The predicted octanol–water partition coefficient (Wildman–Crippen LogP) is 4.32. The molecule has 31 heavy (non-hydrogen) atoms. The molecule has 0 aromatic heterocycles. The maximum atomic E-state index is 13.3. The average Bonchev–Trinajstić information content (AvgIpc) is 3.07. The van der Waals surface area contributed by atoms with Crippen molar-refractivity contribution in [1.29, 1.82) is 0 Å². The second kappa shape index (κ2) is 9.78. The lowest BCUT2D eigenvalue weighted by Gasteiger charge is -2.19. The second-order valence-corrected chi connectivity index (χ2v) is 7.16. The number of nitro groups is 1. The maximum Gasteiger partial charge on any atom is 0.322 e. The van der Waals surface area contributed by atoms with Crippen molar-refractivity contribution >= 4 is 11.5 Å². The van der Waals surface area contributed by atoms with Gasteiger partial charge in [-0.2, -0.15) is 0 Å². The van der Waals surface area contributed by atoms with Gasteiger partial charge in [0.05, 0.1) is 18.6 Å². The van der Waals surface area contributed by atoms with E-state index in [1.54, 1.807) is 18.2 Å². The summed E-state index contributed by atoms with van der Waals surface area (Å²) in [6.07, 6.45) is 0.676. The minimum atomic E-state index is -0.562. The summed E-state index contributed by atoms with van der Waals surface area (Å²) in [5, 5.41) is 11.9. The highest BCUT2D eigenvalue weighted by Gasteiger charge is 2.41. The molecule has 0 N–H and O–H groups in total. The zero-order chi connectivity index (χ0) is 22.5. The molecule has 0 saturated heterocycles. The number of nitro benzene ring substituents is 1. The number of ether oxygens (including phenoxy) is 3. The van der Waals surface area contributed by atoms with Gasteiger partial charge in [-0.25, -0.2) is 0 Å². The number of rotatable bonds is 11. The van der Waals surface area contributed by atoms with E-state index >= 15 is 0 Å². The van der Waals surface area contributed by atoms with Crippen LogP contribution in [0.1, 0.15) is 43.1 Å². The summed E-state index contributed by atoms with van der Waals surface area (Å²) in [6.45, 7) is 9.36. The molecule has 0 radical (unpaired) electrons. The molecule has 0 saturated carbocycles. The molecule has 8 heteroatoms. The number of hydrogen-bond donors (Lipinski definition) is 0. The summed E-state index contributed by atoms with van der Waals surface area (Å²) in [4.78, 5) is 26.9. The van der Waals surface area contributed by atoms with Crippen LogP contribution < -0.4 is 14.2 Å². The van der Waals surface area contributed by atoms with E-state index in [1.165, 1.54) is 13.2 Å². The number of hydrogen-bond acceptors (Lipinski definition) is 7. The van der Waals surface area contributed by atoms with E-state index in [9.17, 15) is 14.9 Å². The van der Waals surface area contributed by atoms with E-state index in [0.717, 1.165) is 19.6 Å². The molecule has 3 rings (SSSR count). The van der Waals surface area contributed by atoms with Crippen LogP contribution in [-0.4, -0.2) is 55.6 Å². The monoisotopic (exact) mass is 428 g/mol. The fourth-order valence-electron chi connectivity index (χ4n) is 3.82. The highest BCUT2D eigenvalue weighted by Crippen LogP contribution is 2.53. The first kappa shape index (κ1) is 22.6. The molecule has 166 valence electrons. The lowest BCUT2D eigenvalue weighted by molar-refractivity contribution is -0.386. The van der Waals surface area contributed by atoms with Gasteiger partial charge in [-0.1, -0.05) is 32.9 Å². The predicted molar refractivity (Wildman–Crippen MR) is 118 cm³/mol. The summed E-state index contributed by atoms with van der Waals surface area (Å²) in [5.41, 5.74) is 0.940. The summed E-state index contributed by atoms with van der Waals surface area (Å²) in [7, 11) is 1.47. The van der Waals surface area contributed by atoms with Crippen molar-refractivity contribution in [2.24, 2.45) is 0 Å². The van der Waals surface area contributed by atoms with E-state index in [-0.39, 0.29) is 17.0 Å². The Morgan fingerprint density at radius 3 is 2.29 bits per heavy atom. The fraction of sp³-hybridized carbons (Fsp3) is 0.435. The van der Waals surface area contributed by atoms with E-state index < -0.39 is 10.7 Å². The summed E-state index contributed by atoms with van der Waals surface area (Å²) >= 11 is 0. The summed E-state index contributed by atoms with van der Waals surface area (Å²) < 4.78 is 17.2. The van der Waals surface area contributed by atoms with Crippen LogP contribution in [0.15, 0.2) is 24.3 Å². The van der Waals surface area contributed by atoms with Crippen LogP contribution >= 0.6 is 0 Å². The van der Waals surface area contributed by atoms with Crippen molar-refractivity contribution in [2.45, 2.75) is 27.2 Å². The molecule has 0 amide bonds. The van der Waals surface area contributed by atoms with Gasteiger partial charge in [0.1, 0.15) is 23.7 Å². The minimum absolute atomic E-state index is 0.00903. The van der Waals surface area contributed by atoms with Gasteiger partial charge in [0, 0.05) is 29.3 Å². The topological polar surface area (TPSA) is 91.1 Å². The SMILES string of the molecule is CCCOc1cc(OC)c2c(c1[N+](=O)[O-])C(=O)c1cccc(OCCN(CC)CC)c1-2. The fourth-order valence-corrected chi connectivity index (χ4v) is 3.82. The van der Waals surface area contributed by atoms with Crippen LogP contribution in [0.4, 0.5) is 5.69 Å². The minimum Gasteiger partial charge on any atom is -0.496 e. The quantitative estimate of drug-likeness (QED) is 0.332. The van der Waals surface area contributed by atoms with Crippen LogP contribution in [0.2, 0.25) is 0 Å². The number of methoxy groups -OCH3 is 1. The number of ketones is 1. The van der Waals surface area contributed by atoms with Gasteiger partial charge in [0.2, 0.25) is 11.5 Å². The number of fused-ring (bicyclic) bond motifs is 3. The molecule has 2 aromatic carbocycles. The van der Waals surface area contributed by atoms with Crippen molar-refractivity contribution in [2.75, 3.05) is 40.0 Å². The summed E-state index contributed by atoms with van der Waals surface area (Å²) in [5.74, 6) is 0.462. The lowest BCUT2D eigenvalue weighted by Crippen LogP contribution is -2.28. The van der Waals surface area contributed by atoms with Crippen LogP contribution in [-0.2, 0) is 0 Å². The standard InChI is InChI=1S/C23H28N2O6/c1-5-12-30-18-14-17(29-4)20-19-15(23(26)21(20)22(18)25(27)28)9-8-10-16(19)31-13-11-24(6-2)7-3/h8-10,14H,5-7,11-13H2,1-4H3. The van der Waals surface area contributed by atoms with E-state index in [0.29, 0.717) is 47.8 Å². The molecule has 1 aliphatic rings. The molecule has 0 bridgehead atoms. The third kappa shape index (κ3) is 4.20. The third-order valence-corrected chi connectivity index (χ3v) is 5.40. The van der Waals surface area contributed by atoms with Crippen LogP contribution in [0.5, 0.6) is 17.2 Å². The highest BCUT2D eigenvalue weighted by molar-refractivity contribution is 6.26. The third-order valence-electron chi connectivity index (χ3n) is 5.40. The molecule has 0 spiro atoms. The molecular weight excluding hydrogens is 400 g/mol. The maximum absolute atomic E-state index is 13.3. The zero-order valence-corrected chi connectivity index (χ0v) is 18.4. The Balaban J connectivity index is 2.12. The second-order valence-electron chi connectivity index (χ2n) is 7.16. The van der Waals surface area contributed by atoms with Gasteiger partial charge >= 0.3 is 5.69 Å². The zero-order valence-electron chi connectivity index (χ0n) is 18.4. The normalized spacial score (nSPS) is 12.0. The van der Waals surface area contributed by atoms with Crippen molar-refractivity contribution in [1.82, 2.24) is 4.90 Å². The van der Waals surface area contributed by atoms with Gasteiger partial charge in [0.15, 0.2) is 0 Å². The number of benzene rings is 2. The molecule has 0 unspecified atom stereocenters. The van der Waals surface area contributed by atoms with Crippen LogP contribution in [0.25, 0.3) is 11.1 Å². The van der Waals surface area contributed by atoms with Crippen molar-refractivity contribution in [3.8, 4) is 28.4 Å². The number of nitrogens with zero attached hydrogens (tertiary/aromatic N) is 2. The number of likely N-dealkylation sites (N-methyl/N-ethyl adjacent to an activating group) is 1. The van der Waals surface area contributed by atoms with Crippen LogP contribution in [0, 0.1) is 10.1 Å². The largest absolute Gasteiger partial charge is 0.496 e. The smallest absolute Gasteiger partial charge is 0.322 e. The molecule has 8 nitrogen and oxygen atoms in total. The van der Waals surface area contributed by atoms with Crippen molar-refractivity contribution in [3.63, 3.8) is 0 Å². The number of carbonyl (C=O) groups is 1. The Bertz CT molecular complexity index is 985. The first-order chi connectivity index (χ1) is 15.0. The first-order valence-electron chi connectivity index (χ1n) is 10.5. The van der Waals surface area contributed by atoms with Crippen molar-refractivity contribution in [3.05, 3.63) is 45.5 Å². The molecule has 0 aliphatic heterocycles. The van der Waals surface area contributed by atoms with Gasteiger partial charge < -0.3 is 19.1 Å². The molecule has 2 aromatic rings. The molecule has 1 aliphatic carbocycles. The van der Waals surface area contributed by atoms with Crippen molar-refractivity contribution < 1.29 is 23.9 Å². The number of carbonyl (C=O) groups excluding carboxylic acids is 1. The Morgan fingerprint density at radius 1 is 0.968 bits per heavy atom. The highest BCUT2D eigenvalue weighted by atomic mass is 16.6. The molecule has 0 fully saturated rings. The van der Waals surface area contributed by atoms with Gasteiger partial charge in [-0.05, 0) is 25.6 Å². The molecule has 0 heterocycles. The van der Waals surface area contributed by atoms with Gasteiger partial charge in [0.25, 0.3) is 0 Å². The Morgan fingerprint density at radius 2 is 1.68 bits per heavy atom. The first-order valence-corrected chi connectivity index (χ1v) is 10.5. The average molecular weight is 428 g/mol. The Hall–Kier alpha value is -3.13. The molecular formula is C23H28N2O6. The van der Waals surface area contributed by atoms with Gasteiger partial charge in [-0.3, -0.25) is 14.9 Å². The summed E-state index contributed by atoms with van der Waals surface area (Å²) in [6, 6.07) is 6.64. The van der Waals surface area contributed by atoms with E-state index in [4.69, 9.17) is 14.2 Å². The lowest BCUT2D eigenvalue weighted by atomic mass is 10.0. The van der Waals surface area contributed by atoms with E-state index in [1.807, 2.05) is 6.92 Å². The van der Waals surface area contributed by atoms with Crippen LogP contribution in [0.3, 0.4) is 0 Å².